The molecule has 0 aromatic heterocycles. The van der Waals surface area contributed by atoms with Crippen molar-refractivity contribution in [3.8, 4) is 0 Å². The van der Waals surface area contributed by atoms with Gasteiger partial charge in [-0.05, 0) is 68.1 Å². The minimum absolute atomic E-state index is 0.0621. The number of ether oxygens (including phenoxy) is 2. The van der Waals surface area contributed by atoms with Crippen LogP contribution in [0.1, 0.15) is 79.1 Å². The van der Waals surface area contributed by atoms with E-state index in [0.29, 0.717) is 17.8 Å². The topological polar surface area (TPSA) is 52.6 Å². The monoisotopic (exact) mass is 374 g/mol. The maximum absolute atomic E-state index is 11.6. The van der Waals surface area contributed by atoms with Crippen LogP contribution >= 0.6 is 0 Å². The lowest BCUT2D eigenvalue weighted by atomic mass is 9.48. The third-order valence-electron chi connectivity index (χ3n) is 8.61. The summed E-state index contributed by atoms with van der Waals surface area (Å²) < 4.78 is 11.3. The summed E-state index contributed by atoms with van der Waals surface area (Å²) in [6.45, 7) is 7.88. The van der Waals surface area contributed by atoms with Crippen molar-refractivity contribution in [2.45, 2.75) is 91.3 Å². The van der Waals surface area contributed by atoms with Crippen molar-refractivity contribution in [1.82, 2.24) is 0 Å². The number of rotatable bonds is 2. The second-order valence-corrected chi connectivity index (χ2v) is 9.95. The van der Waals surface area contributed by atoms with Crippen LogP contribution < -0.4 is 0 Å². The second-order valence-electron chi connectivity index (χ2n) is 9.95. The summed E-state index contributed by atoms with van der Waals surface area (Å²) in [5.74, 6) is 1.77. The maximum atomic E-state index is 11.6. The molecule has 0 radical (unpaired) electrons. The zero-order chi connectivity index (χ0) is 19.4. The fourth-order valence-corrected chi connectivity index (χ4v) is 7.31. The molecule has 4 aliphatic rings. The van der Waals surface area contributed by atoms with Crippen LogP contribution in [0.3, 0.4) is 0 Å². The molecule has 3 saturated carbocycles. The van der Waals surface area contributed by atoms with Gasteiger partial charge in [-0.15, -0.1) is 0 Å². The van der Waals surface area contributed by atoms with Crippen molar-refractivity contribution in [1.29, 1.82) is 0 Å². The standard InChI is InChI=1S/C23H34O4/c1-14(24)26-17-9-11-22(3)16(13-17)5-6-18-19-7-8-21(27-15(2)25)23(19,4)12-10-20(18)22/h5,17-21H,6-13H2,1-4H3/t17-,18+,19-,20-,21-,22-,23+/m1/s1. The Morgan fingerprint density at radius 1 is 0.963 bits per heavy atom. The van der Waals surface area contributed by atoms with Crippen LogP contribution in [0.5, 0.6) is 0 Å². The van der Waals surface area contributed by atoms with Crippen LogP contribution in [-0.2, 0) is 19.1 Å². The van der Waals surface area contributed by atoms with E-state index in [1.165, 1.54) is 25.3 Å². The molecule has 0 N–H and O–H groups in total. The Morgan fingerprint density at radius 3 is 2.41 bits per heavy atom. The van der Waals surface area contributed by atoms with Crippen molar-refractivity contribution < 1.29 is 19.1 Å². The summed E-state index contributed by atoms with van der Waals surface area (Å²) in [5, 5.41) is 0. The van der Waals surface area contributed by atoms with Crippen molar-refractivity contribution in [3.05, 3.63) is 11.6 Å². The third-order valence-corrected chi connectivity index (χ3v) is 8.61. The lowest BCUT2D eigenvalue weighted by Crippen LogP contribution is -2.51. The quantitative estimate of drug-likeness (QED) is 0.514. The Labute approximate surface area is 163 Å². The summed E-state index contributed by atoms with van der Waals surface area (Å²) >= 11 is 0. The summed E-state index contributed by atoms with van der Waals surface area (Å²) in [4.78, 5) is 22.9. The van der Waals surface area contributed by atoms with Crippen molar-refractivity contribution in [3.63, 3.8) is 0 Å². The number of carbonyl (C=O) groups excluding carboxylic acids is 2. The normalized spacial score (nSPS) is 45.8. The average Bonchev–Trinajstić information content (AvgIpc) is 2.91. The Balaban J connectivity index is 1.55. The van der Waals surface area contributed by atoms with Crippen LogP contribution in [-0.4, -0.2) is 24.1 Å². The van der Waals surface area contributed by atoms with Crippen LogP contribution in [0, 0.1) is 28.6 Å². The molecule has 4 aliphatic carbocycles. The second kappa shape index (κ2) is 6.63. The summed E-state index contributed by atoms with van der Waals surface area (Å²) in [6, 6.07) is 0. The lowest BCUT2D eigenvalue weighted by molar-refractivity contribution is -0.157. The number of hydrogen-bond donors (Lipinski definition) is 0. The van der Waals surface area contributed by atoms with Gasteiger partial charge in [-0.3, -0.25) is 9.59 Å². The molecular weight excluding hydrogens is 340 g/mol. The van der Waals surface area contributed by atoms with E-state index in [4.69, 9.17) is 9.47 Å². The van der Waals surface area contributed by atoms with Crippen LogP contribution in [0.2, 0.25) is 0 Å². The van der Waals surface area contributed by atoms with Crippen molar-refractivity contribution in [2.24, 2.45) is 28.6 Å². The SMILES string of the molecule is CC(=O)O[C@@H]1CC[C@]2(C)C(=CC[C@H]3[C@H]4CC[C@@H](OC(C)=O)[C@@]4(C)CC[C@H]32)C1. The number of allylic oxidation sites excluding steroid dienone is 1. The van der Waals surface area contributed by atoms with Crippen LogP contribution in [0.4, 0.5) is 0 Å². The third kappa shape index (κ3) is 3.03. The van der Waals surface area contributed by atoms with Crippen LogP contribution in [0.25, 0.3) is 0 Å². The molecule has 3 fully saturated rings. The summed E-state index contributed by atoms with van der Waals surface area (Å²) in [6.07, 6.45) is 11.4. The highest BCUT2D eigenvalue weighted by Crippen LogP contribution is 2.65. The molecular formula is C23H34O4. The van der Waals surface area contributed by atoms with E-state index < -0.39 is 0 Å². The van der Waals surface area contributed by atoms with Gasteiger partial charge in [-0.25, -0.2) is 0 Å². The molecule has 4 rings (SSSR count). The van der Waals surface area contributed by atoms with Crippen molar-refractivity contribution >= 4 is 11.9 Å². The Hall–Kier alpha value is -1.32. The molecule has 0 aliphatic heterocycles. The molecule has 0 unspecified atom stereocenters. The smallest absolute Gasteiger partial charge is 0.302 e. The van der Waals surface area contributed by atoms with Gasteiger partial charge in [0.15, 0.2) is 0 Å². The van der Waals surface area contributed by atoms with E-state index in [1.54, 1.807) is 6.92 Å². The van der Waals surface area contributed by atoms with Gasteiger partial charge in [0.2, 0.25) is 0 Å². The van der Waals surface area contributed by atoms with E-state index in [0.717, 1.165) is 38.5 Å². The zero-order valence-corrected chi connectivity index (χ0v) is 17.3. The van der Waals surface area contributed by atoms with E-state index in [9.17, 15) is 9.59 Å². The minimum Gasteiger partial charge on any atom is -0.462 e. The minimum atomic E-state index is -0.159. The molecule has 0 heterocycles. The fourth-order valence-electron chi connectivity index (χ4n) is 7.31. The van der Waals surface area contributed by atoms with E-state index in [-0.39, 0.29) is 35.0 Å². The molecule has 0 amide bonds. The van der Waals surface area contributed by atoms with Gasteiger partial charge in [0.1, 0.15) is 12.2 Å². The van der Waals surface area contributed by atoms with Gasteiger partial charge in [-0.1, -0.05) is 25.5 Å². The van der Waals surface area contributed by atoms with Gasteiger partial charge in [0.25, 0.3) is 0 Å². The van der Waals surface area contributed by atoms with Gasteiger partial charge in [0, 0.05) is 25.7 Å². The molecule has 0 spiro atoms. The number of carbonyl (C=O) groups is 2. The Kier molecular flexibility index (Phi) is 4.67. The molecule has 7 atom stereocenters. The van der Waals surface area contributed by atoms with E-state index in [1.807, 2.05) is 0 Å². The molecule has 0 aromatic rings. The maximum Gasteiger partial charge on any atom is 0.302 e. The molecule has 27 heavy (non-hydrogen) atoms. The first-order valence-corrected chi connectivity index (χ1v) is 10.8. The molecule has 4 nitrogen and oxygen atoms in total. The highest BCUT2D eigenvalue weighted by Gasteiger charge is 2.59. The highest BCUT2D eigenvalue weighted by molar-refractivity contribution is 5.66. The largest absolute Gasteiger partial charge is 0.462 e. The van der Waals surface area contributed by atoms with Crippen molar-refractivity contribution in [2.75, 3.05) is 0 Å². The first-order valence-electron chi connectivity index (χ1n) is 10.8. The molecule has 0 aromatic carbocycles. The number of fused-ring (bicyclic) bond motifs is 5. The average molecular weight is 375 g/mol. The summed E-state index contributed by atoms with van der Waals surface area (Å²) in [7, 11) is 0. The number of esters is 2. The van der Waals surface area contributed by atoms with Gasteiger partial charge in [0.05, 0.1) is 0 Å². The van der Waals surface area contributed by atoms with Gasteiger partial charge >= 0.3 is 11.9 Å². The Bertz CT molecular complexity index is 667. The van der Waals surface area contributed by atoms with E-state index in [2.05, 4.69) is 19.9 Å². The highest BCUT2D eigenvalue weighted by atomic mass is 16.5. The zero-order valence-electron chi connectivity index (χ0n) is 17.3. The van der Waals surface area contributed by atoms with E-state index >= 15 is 0 Å². The first-order chi connectivity index (χ1) is 12.7. The molecule has 150 valence electrons. The predicted octanol–water partition coefficient (Wildman–Crippen LogP) is 4.81. The fraction of sp³-hybridized carbons (Fsp3) is 0.826. The molecule has 0 saturated heterocycles. The molecule has 0 bridgehead atoms. The predicted molar refractivity (Wildman–Crippen MR) is 103 cm³/mol. The lowest BCUT2D eigenvalue weighted by Gasteiger charge is -2.57. The summed E-state index contributed by atoms with van der Waals surface area (Å²) in [5.41, 5.74) is 1.92. The van der Waals surface area contributed by atoms with Gasteiger partial charge in [-0.2, -0.15) is 0 Å². The van der Waals surface area contributed by atoms with Gasteiger partial charge < -0.3 is 9.47 Å². The molecule has 4 heteroatoms. The first kappa shape index (κ1) is 19.0. The van der Waals surface area contributed by atoms with Crippen LogP contribution in [0.15, 0.2) is 11.6 Å². The Morgan fingerprint density at radius 2 is 1.70 bits per heavy atom. The number of hydrogen-bond acceptors (Lipinski definition) is 4.